The zero-order valence-corrected chi connectivity index (χ0v) is 12.6. The fraction of sp³-hybridized carbons (Fsp3) is 0.250. The molecule has 3 rings (SSSR count). The van der Waals surface area contributed by atoms with Gasteiger partial charge in [-0.1, -0.05) is 18.2 Å². The van der Waals surface area contributed by atoms with Gasteiger partial charge in [0, 0.05) is 22.0 Å². The van der Waals surface area contributed by atoms with Crippen molar-refractivity contribution in [3.8, 4) is 0 Å². The highest BCUT2D eigenvalue weighted by molar-refractivity contribution is 7.12. The standard InChI is InChI=1S/C16H15NO3S/c1-9-7-12(10(2)21-9)15(18)17-8-13(16(19)20)11-5-3-4-6-14(11)17/h3-7,13H,8H2,1-2H3,(H,19,20)/t13-/m1/s1. The summed E-state index contributed by atoms with van der Waals surface area (Å²) >= 11 is 1.58. The highest BCUT2D eigenvalue weighted by Gasteiger charge is 2.37. The van der Waals surface area contributed by atoms with E-state index in [1.807, 2.05) is 38.1 Å². The van der Waals surface area contributed by atoms with Crippen LogP contribution in [0.3, 0.4) is 0 Å². The van der Waals surface area contributed by atoms with Gasteiger partial charge in [0.25, 0.3) is 5.91 Å². The lowest BCUT2D eigenvalue weighted by Crippen LogP contribution is -2.31. The normalized spacial score (nSPS) is 16.9. The number of hydrogen-bond donors (Lipinski definition) is 1. The Hall–Kier alpha value is -2.14. The van der Waals surface area contributed by atoms with E-state index in [0.717, 1.165) is 9.75 Å². The van der Waals surface area contributed by atoms with Crippen LogP contribution in [0.25, 0.3) is 0 Å². The average molecular weight is 301 g/mol. The number of hydrogen-bond acceptors (Lipinski definition) is 3. The average Bonchev–Trinajstić information content (AvgIpc) is 2.98. The number of nitrogens with zero attached hydrogens (tertiary/aromatic N) is 1. The molecule has 21 heavy (non-hydrogen) atoms. The fourth-order valence-electron chi connectivity index (χ4n) is 2.80. The number of carbonyl (C=O) groups excluding carboxylic acids is 1. The van der Waals surface area contributed by atoms with Crippen molar-refractivity contribution in [3.05, 3.63) is 51.2 Å². The van der Waals surface area contributed by atoms with E-state index in [2.05, 4.69) is 0 Å². The quantitative estimate of drug-likeness (QED) is 0.926. The van der Waals surface area contributed by atoms with Crippen LogP contribution in [0, 0.1) is 13.8 Å². The summed E-state index contributed by atoms with van der Waals surface area (Å²) < 4.78 is 0. The number of anilines is 1. The number of carboxylic acids is 1. The van der Waals surface area contributed by atoms with Gasteiger partial charge in [0.1, 0.15) is 5.92 Å². The summed E-state index contributed by atoms with van der Waals surface area (Å²) in [6.07, 6.45) is 0. The molecular weight excluding hydrogens is 286 g/mol. The summed E-state index contributed by atoms with van der Waals surface area (Å²) in [6.45, 7) is 4.08. The molecule has 0 bridgehead atoms. The number of aliphatic carboxylic acids is 1. The van der Waals surface area contributed by atoms with Crippen LogP contribution in [0.15, 0.2) is 30.3 Å². The van der Waals surface area contributed by atoms with Gasteiger partial charge in [-0.25, -0.2) is 0 Å². The third-order valence-corrected chi connectivity index (χ3v) is 4.75. The molecule has 1 aliphatic heterocycles. The third-order valence-electron chi connectivity index (χ3n) is 3.78. The van der Waals surface area contributed by atoms with Gasteiger partial charge in [0.05, 0.1) is 5.56 Å². The van der Waals surface area contributed by atoms with Crippen molar-refractivity contribution in [2.45, 2.75) is 19.8 Å². The van der Waals surface area contributed by atoms with Gasteiger partial charge >= 0.3 is 5.97 Å². The maximum absolute atomic E-state index is 12.8. The number of benzene rings is 1. The second-order valence-electron chi connectivity index (χ2n) is 5.19. The van der Waals surface area contributed by atoms with E-state index >= 15 is 0 Å². The zero-order chi connectivity index (χ0) is 15.1. The summed E-state index contributed by atoms with van der Waals surface area (Å²) in [5, 5.41) is 9.35. The van der Waals surface area contributed by atoms with Gasteiger partial charge in [-0.15, -0.1) is 11.3 Å². The summed E-state index contributed by atoms with van der Waals surface area (Å²) in [4.78, 5) is 27.8. The fourth-order valence-corrected chi connectivity index (χ4v) is 3.72. The summed E-state index contributed by atoms with van der Waals surface area (Å²) in [6, 6.07) is 9.11. The van der Waals surface area contributed by atoms with E-state index in [-0.39, 0.29) is 12.5 Å². The molecule has 1 aromatic carbocycles. The molecule has 1 N–H and O–H groups in total. The van der Waals surface area contributed by atoms with Crippen molar-refractivity contribution >= 4 is 28.9 Å². The largest absolute Gasteiger partial charge is 0.481 e. The minimum atomic E-state index is -0.893. The van der Waals surface area contributed by atoms with Gasteiger partial charge in [-0.05, 0) is 31.5 Å². The monoisotopic (exact) mass is 301 g/mol. The number of amides is 1. The molecule has 0 saturated carbocycles. The summed E-state index contributed by atoms with van der Waals surface area (Å²) in [5.74, 6) is -1.66. The highest BCUT2D eigenvalue weighted by atomic mass is 32.1. The molecule has 0 fully saturated rings. The first-order chi connectivity index (χ1) is 9.99. The topological polar surface area (TPSA) is 57.6 Å². The van der Waals surface area contributed by atoms with E-state index in [9.17, 15) is 14.7 Å². The van der Waals surface area contributed by atoms with Crippen molar-refractivity contribution in [2.75, 3.05) is 11.4 Å². The first-order valence-corrected chi connectivity index (χ1v) is 7.51. The maximum Gasteiger partial charge on any atom is 0.312 e. The minimum Gasteiger partial charge on any atom is -0.481 e. The van der Waals surface area contributed by atoms with Crippen LogP contribution in [0.5, 0.6) is 0 Å². The molecule has 0 aliphatic carbocycles. The molecule has 0 radical (unpaired) electrons. The van der Waals surface area contributed by atoms with E-state index in [4.69, 9.17) is 0 Å². The second-order valence-corrected chi connectivity index (χ2v) is 6.65. The molecule has 4 nitrogen and oxygen atoms in total. The van der Waals surface area contributed by atoms with Gasteiger partial charge in [0.15, 0.2) is 0 Å². The molecule has 1 aromatic heterocycles. The van der Waals surface area contributed by atoms with Crippen molar-refractivity contribution < 1.29 is 14.7 Å². The lowest BCUT2D eigenvalue weighted by atomic mass is 10.0. The van der Waals surface area contributed by atoms with E-state index in [0.29, 0.717) is 16.8 Å². The molecule has 1 atom stereocenters. The maximum atomic E-state index is 12.8. The van der Waals surface area contributed by atoms with Crippen molar-refractivity contribution in [3.63, 3.8) is 0 Å². The molecule has 0 saturated heterocycles. The van der Waals surface area contributed by atoms with Crippen LogP contribution in [0.2, 0.25) is 0 Å². The van der Waals surface area contributed by atoms with E-state index in [1.54, 1.807) is 22.3 Å². The van der Waals surface area contributed by atoms with Crippen LogP contribution < -0.4 is 4.90 Å². The van der Waals surface area contributed by atoms with Crippen LogP contribution in [-0.4, -0.2) is 23.5 Å². The minimum absolute atomic E-state index is 0.118. The number of aryl methyl sites for hydroxylation is 2. The lowest BCUT2D eigenvalue weighted by Gasteiger charge is -2.17. The third kappa shape index (κ3) is 2.23. The number of carboxylic acid groups (broad SMARTS) is 1. The van der Waals surface area contributed by atoms with Crippen molar-refractivity contribution in [1.29, 1.82) is 0 Å². The Bertz CT molecular complexity index is 735. The van der Waals surface area contributed by atoms with Gasteiger partial charge in [0.2, 0.25) is 0 Å². The Kier molecular flexibility index (Phi) is 3.29. The molecule has 0 spiro atoms. The number of rotatable bonds is 2. The number of thiophene rings is 1. The van der Waals surface area contributed by atoms with Gasteiger partial charge < -0.3 is 10.0 Å². The lowest BCUT2D eigenvalue weighted by molar-refractivity contribution is -0.138. The van der Waals surface area contributed by atoms with Gasteiger partial charge in [-0.3, -0.25) is 9.59 Å². The molecule has 1 aliphatic rings. The second kappa shape index (κ2) is 5.00. The highest BCUT2D eigenvalue weighted by Crippen LogP contribution is 2.37. The Labute approximate surface area is 126 Å². The van der Waals surface area contributed by atoms with Crippen LogP contribution in [-0.2, 0) is 4.79 Å². The molecular formula is C16H15NO3S. The molecule has 108 valence electrons. The van der Waals surface area contributed by atoms with Crippen LogP contribution in [0.4, 0.5) is 5.69 Å². The van der Waals surface area contributed by atoms with E-state index < -0.39 is 11.9 Å². The molecule has 5 heteroatoms. The molecule has 2 heterocycles. The zero-order valence-electron chi connectivity index (χ0n) is 11.8. The molecule has 0 unspecified atom stereocenters. The first-order valence-electron chi connectivity index (χ1n) is 6.69. The van der Waals surface area contributed by atoms with Gasteiger partial charge in [-0.2, -0.15) is 0 Å². The van der Waals surface area contributed by atoms with Crippen molar-refractivity contribution in [1.82, 2.24) is 0 Å². The number of fused-ring (bicyclic) bond motifs is 1. The predicted molar refractivity (Wildman–Crippen MR) is 82.3 cm³/mol. The SMILES string of the molecule is Cc1cc(C(=O)N2C[C@@H](C(=O)O)c3ccccc32)c(C)s1. The summed E-state index contributed by atoms with van der Waals surface area (Å²) in [5.41, 5.74) is 2.08. The van der Waals surface area contributed by atoms with Crippen LogP contribution in [0.1, 0.15) is 31.6 Å². The Morgan fingerprint density at radius 2 is 2.00 bits per heavy atom. The number of para-hydroxylation sites is 1. The van der Waals surface area contributed by atoms with E-state index in [1.165, 1.54) is 0 Å². The van der Waals surface area contributed by atoms with Crippen molar-refractivity contribution in [2.24, 2.45) is 0 Å². The molecule has 1 amide bonds. The Morgan fingerprint density at radius 3 is 2.62 bits per heavy atom. The number of carbonyl (C=O) groups is 2. The molecule has 2 aromatic rings. The predicted octanol–water partition coefficient (Wildman–Crippen LogP) is 3.19. The Morgan fingerprint density at radius 1 is 1.29 bits per heavy atom. The summed E-state index contributed by atoms with van der Waals surface area (Å²) in [7, 11) is 0. The van der Waals surface area contributed by atoms with Crippen LogP contribution >= 0.6 is 11.3 Å². The smallest absolute Gasteiger partial charge is 0.312 e. The Balaban J connectivity index is 2.02. The first kappa shape index (κ1) is 13.8.